The van der Waals surface area contributed by atoms with Crippen LogP contribution in [0.1, 0.15) is 29.0 Å². The summed E-state index contributed by atoms with van der Waals surface area (Å²) in [7, 11) is 0. The molecular formula is C17H20N4OS. The van der Waals surface area contributed by atoms with Gasteiger partial charge in [-0.2, -0.15) is 0 Å². The molecule has 2 aliphatic heterocycles. The van der Waals surface area contributed by atoms with E-state index in [9.17, 15) is 4.79 Å². The predicted molar refractivity (Wildman–Crippen MR) is 90.6 cm³/mol. The molecule has 2 aromatic heterocycles. The Morgan fingerprint density at radius 2 is 2.13 bits per heavy atom. The maximum atomic E-state index is 12.4. The summed E-state index contributed by atoms with van der Waals surface area (Å²) in [5, 5.41) is 2.02. The molecule has 4 heterocycles. The van der Waals surface area contributed by atoms with Gasteiger partial charge in [-0.1, -0.05) is 6.07 Å². The van der Waals surface area contributed by atoms with Gasteiger partial charge in [-0.15, -0.1) is 11.3 Å². The summed E-state index contributed by atoms with van der Waals surface area (Å²) >= 11 is 1.64. The van der Waals surface area contributed by atoms with E-state index in [1.54, 1.807) is 11.3 Å². The van der Waals surface area contributed by atoms with E-state index in [4.69, 9.17) is 4.98 Å². The number of carbonyl (C=O) groups is 1. The van der Waals surface area contributed by atoms with E-state index in [0.717, 1.165) is 48.1 Å². The van der Waals surface area contributed by atoms with Crippen LogP contribution in [0.15, 0.2) is 23.7 Å². The van der Waals surface area contributed by atoms with Crippen molar-refractivity contribution in [2.75, 3.05) is 24.5 Å². The number of fused-ring (bicyclic) bond motifs is 1. The summed E-state index contributed by atoms with van der Waals surface area (Å²) in [5.74, 6) is 1.06. The van der Waals surface area contributed by atoms with Crippen molar-refractivity contribution in [2.45, 2.75) is 32.2 Å². The van der Waals surface area contributed by atoms with E-state index >= 15 is 0 Å². The van der Waals surface area contributed by atoms with Crippen LogP contribution in [0.5, 0.6) is 0 Å². The Kier molecular flexibility index (Phi) is 3.99. The molecular weight excluding hydrogens is 308 g/mol. The van der Waals surface area contributed by atoms with Crippen LogP contribution in [0, 0.1) is 0 Å². The highest BCUT2D eigenvalue weighted by molar-refractivity contribution is 7.10. The predicted octanol–water partition coefficient (Wildman–Crippen LogP) is 2.27. The largest absolute Gasteiger partial charge is 0.341 e. The van der Waals surface area contributed by atoms with Gasteiger partial charge in [0.05, 0.1) is 12.1 Å². The summed E-state index contributed by atoms with van der Waals surface area (Å²) in [6.07, 6.45) is 5.70. The maximum absolute atomic E-state index is 12.4. The summed E-state index contributed by atoms with van der Waals surface area (Å²) in [5.41, 5.74) is 2.21. The van der Waals surface area contributed by atoms with Gasteiger partial charge in [0.15, 0.2) is 0 Å². The van der Waals surface area contributed by atoms with Crippen molar-refractivity contribution in [3.63, 3.8) is 0 Å². The van der Waals surface area contributed by atoms with Crippen LogP contribution in [-0.4, -0.2) is 40.4 Å². The van der Waals surface area contributed by atoms with E-state index in [1.165, 1.54) is 12.8 Å². The summed E-state index contributed by atoms with van der Waals surface area (Å²) in [6.45, 7) is 3.52. The van der Waals surface area contributed by atoms with Crippen LogP contribution >= 0.6 is 11.3 Å². The molecule has 0 N–H and O–H groups in total. The highest BCUT2D eigenvalue weighted by Crippen LogP contribution is 2.22. The smallest absolute Gasteiger partial charge is 0.228 e. The zero-order chi connectivity index (χ0) is 15.6. The lowest BCUT2D eigenvalue weighted by atomic mass is 10.1. The van der Waals surface area contributed by atoms with Crippen molar-refractivity contribution in [1.29, 1.82) is 0 Å². The standard InChI is InChI=1S/C17H20N4OS/c22-16(10-14-4-3-9-23-14)21-8-5-15-13(12-21)11-18-17(19-15)20-6-1-2-7-20/h3-4,9,11H,1-2,5-8,10,12H2. The Morgan fingerprint density at radius 3 is 2.91 bits per heavy atom. The number of anilines is 1. The fourth-order valence-electron chi connectivity index (χ4n) is 3.26. The molecule has 6 heteroatoms. The molecule has 4 rings (SSSR count). The third-order valence-electron chi connectivity index (χ3n) is 4.57. The number of hydrogen-bond acceptors (Lipinski definition) is 5. The second-order valence-corrected chi connectivity index (χ2v) is 7.19. The zero-order valence-corrected chi connectivity index (χ0v) is 13.9. The monoisotopic (exact) mass is 328 g/mol. The van der Waals surface area contributed by atoms with Gasteiger partial charge < -0.3 is 9.80 Å². The van der Waals surface area contributed by atoms with Crippen molar-refractivity contribution in [3.05, 3.63) is 39.8 Å². The topological polar surface area (TPSA) is 49.3 Å². The number of hydrogen-bond donors (Lipinski definition) is 0. The first kappa shape index (κ1) is 14.6. The molecule has 23 heavy (non-hydrogen) atoms. The van der Waals surface area contributed by atoms with E-state index in [0.29, 0.717) is 13.0 Å². The SMILES string of the molecule is O=C(Cc1cccs1)N1CCc2nc(N3CCCC3)ncc2C1. The molecule has 0 saturated carbocycles. The van der Waals surface area contributed by atoms with Gasteiger partial charge >= 0.3 is 0 Å². The van der Waals surface area contributed by atoms with Crippen LogP contribution in [-0.2, 0) is 24.2 Å². The molecule has 0 unspecified atom stereocenters. The minimum Gasteiger partial charge on any atom is -0.341 e. The molecule has 0 radical (unpaired) electrons. The number of thiophene rings is 1. The quantitative estimate of drug-likeness (QED) is 0.867. The lowest BCUT2D eigenvalue weighted by molar-refractivity contribution is -0.131. The average Bonchev–Trinajstić information content (AvgIpc) is 3.27. The second-order valence-electron chi connectivity index (χ2n) is 6.16. The van der Waals surface area contributed by atoms with Crippen molar-refractivity contribution in [1.82, 2.24) is 14.9 Å². The lowest BCUT2D eigenvalue weighted by Gasteiger charge is -2.28. The number of rotatable bonds is 3. The molecule has 5 nitrogen and oxygen atoms in total. The van der Waals surface area contributed by atoms with Crippen LogP contribution < -0.4 is 4.90 Å². The van der Waals surface area contributed by atoms with E-state index in [1.807, 2.05) is 28.6 Å². The van der Waals surface area contributed by atoms with Gasteiger partial charge in [0, 0.05) is 49.2 Å². The van der Waals surface area contributed by atoms with Crippen molar-refractivity contribution < 1.29 is 4.79 Å². The highest BCUT2D eigenvalue weighted by Gasteiger charge is 2.24. The van der Waals surface area contributed by atoms with Gasteiger partial charge in [-0.25, -0.2) is 9.97 Å². The molecule has 2 aromatic rings. The fraction of sp³-hybridized carbons (Fsp3) is 0.471. The molecule has 0 atom stereocenters. The minimum absolute atomic E-state index is 0.196. The Labute approximate surface area is 140 Å². The third kappa shape index (κ3) is 3.08. The average molecular weight is 328 g/mol. The van der Waals surface area contributed by atoms with Gasteiger partial charge in [0.2, 0.25) is 11.9 Å². The normalized spacial score (nSPS) is 17.4. The van der Waals surface area contributed by atoms with Crippen molar-refractivity contribution >= 4 is 23.2 Å². The molecule has 1 saturated heterocycles. The van der Waals surface area contributed by atoms with E-state index in [2.05, 4.69) is 9.88 Å². The molecule has 0 aliphatic carbocycles. The summed E-state index contributed by atoms with van der Waals surface area (Å²) in [6, 6.07) is 4.01. The zero-order valence-electron chi connectivity index (χ0n) is 13.1. The molecule has 0 aromatic carbocycles. The maximum Gasteiger partial charge on any atom is 0.228 e. The second kappa shape index (κ2) is 6.28. The minimum atomic E-state index is 0.196. The summed E-state index contributed by atoms with van der Waals surface area (Å²) < 4.78 is 0. The van der Waals surface area contributed by atoms with Crippen LogP contribution in [0.2, 0.25) is 0 Å². The highest BCUT2D eigenvalue weighted by atomic mass is 32.1. The first-order valence-corrected chi connectivity index (χ1v) is 9.07. The van der Waals surface area contributed by atoms with Crippen molar-refractivity contribution in [2.24, 2.45) is 0 Å². The van der Waals surface area contributed by atoms with E-state index < -0.39 is 0 Å². The Balaban J connectivity index is 1.45. The third-order valence-corrected chi connectivity index (χ3v) is 5.44. The molecule has 2 aliphatic rings. The van der Waals surface area contributed by atoms with Crippen LogP contribution in [0.3, 0.4) is 0 Å². The molecule has 0 spiro atoms. The lowest BCUT2D eigenvalue weighted by Crippen LogP contribution is -2.37. The Hall–Kier alpha value is -1.95. The van der Waals surface area contributed by atoms with Gasteiger partial charge in [-0.3, -0.25) is 4.79 Å². The first-order chi connectivity index (χ1) is 11.3. The fourth-order valence-corrected chi connectivity index (χ4v) is 3.96. The van der Waals surface area contributed by atoms with Gasteiger partial charge in [0.25, 0.3) is 0 Å². The van der Waals surface area contributed by atoms with Crippen molar-refractivity contribution in [3.8, 4) is 0 Å². The molecule has 1 amide bonds. The van der Waals surface area contributed by atoms with Gasteiger partial charge in [0.1, 0.15) is 0 Å². The first-order valence-electron chi connectivity index (χ1n) is 8.19. The Bertz CT molecular complexity index is 695. The molecule has 1 fully saturated rings. The number of nitrogens with zero attached hydrogens (tertiary/aromatic N) is 4. The van der Waals surface area contributed by atoms with E-state index in [-0.39, 0.29) is 5.91 Å². The number of aromatic nitrogens is 2. The number of amides is 1. The number of carbonyl (C=O) groups excluding carboxylic acids is 1. The van der Waals surface area contributed by atoms with Crippen LogP contribution in [0.25, 0.3) is 0 Å². The summed E-state index contributed by atoms with van der Waals surface area (Å²) in [4.78, 5) is 27.0. The molecule has 0 bridgehead atoms. The Morgan fingerprint density at radius 1 is 1.26 bits per heavy atom. The van der Waals surface area contributed by atoms with Gasteiger partial charge in [-0.05, 0) is 24.3 Å². The van der Waals surface area contributed by atoms with Crippen LogP contribution in [0.4, 0.5) is 5.95 Å². The molecule has 120 valence electrons.